The third-order valence-corrected chi connectivity index (χ3v) is 4.76. The van der Waals surface area contributed by atoms with E-state index >= 15 is 0 Å². The Hall–Kier alpha value is -1.88. The molecule has 5 heteroatoms. The zero-order valence-electron chi connectivity index (χ0n) is 12.0. The minimum Gasteiger partial charge on any atom is -0.375 e. The van der Waals surface area contributed by atoms with Crippen molar-refractivity contribution in [3.05, 3.63) is 28.6 Å². The summed E-state index contributed by atoms with van der Waals surface area (Å²) in [6.45, 7) is 5.94. The molecule has 1 aromatic carbocycles. The van der Waals surface area contributed by atoms with E-state index in [9.17, 15) is 4.79 Å². The van der Waals surface area contributed by atoms with Crippen molar-refractivity contribution in [2.24, 2.45) is 0 Å². The molecule has 20 heavy (non-hydrogen) atoms. The summed E-state index contributed by atoms with van der Waals surface area (Å²) in [6, 6.07) is 6.07. The van der Waals surface area contributed by atoms with Crippen molar-refractivity contribution in [3.63, 3.8) is 0 Å². The lowest BCUT2D eigenvalue weighted by atomic mass is 9.85. The highest BCUT2D eigenvalue weighted by Gasteiger charge is 2.42. The molecule has 0 saturated heterocycles. The molecule has 2 N–H and O–H groups in total. The highest BCUT2D eigenvalue weighted by molar-refractivity contribution is 7.15. The van der Waals surface area contributed by atoms with Gasteiger partial charge in [-0.3, -0.25) is 4.79 Å². The molecule has 0 spiro atoms. The molecule has 3 rings (SSSR count). The Morgan fingerprint density at radius 1 is 1.35 bits per heavy atom. The van der Waals surface area contributed by atoms with Crippen LogP contribution in [0.3, 0.4) is 0 Å². The summed E-state index contributed by atoms with van der Waals surface area (Å²) in [4.78, 5) is 19.5. The minimum absolute atomic E-state index is 0.124. The van der Waals surface area contributed by atoms with Gasteiger partial charge in [-0.1, -0.05) is 6.07 Å². The van der Waals surface area contributed by atoms with E-state index in [-0.39, 0.29) is 5.91 Å². The molecule has 0 aliphatic carbocycles. The maximum absolute atomic E-state index is 12.3. The first-order valence-electron chi connectivity index (χ1n) is 6.48. The summed E-state index contributed by atoms with van der Waals surface area (Å²) in [5.74, 6) is 0.124. The Morgan fingerprint density at radius 3 is 2.65 bits per heavy atom. The standard InChI is InChI=1S/C15H17N3OS/c1-8-12(17-14(16)20-8)9-5-6-11-10(7-9)15(2,3)13(19)18(11)4/h5-7H,1-4H3,(H2,16,17). The van der Waals surface area contributed by atoms with Crippen LogP contribution in [0.2, 0.25) is 0 Å². The molecule has 104 valence electrons. The van der Waals surface area contributed by atoms with Crippen molar-refractivity contribution >= 4 is 28.1 Å². The third kappa shape index (κ3) is 1.66. The average Bonchev–Trinajstić information content (AvgIpc) is 2.82. The number of nitrogen functional groups attached to an aromatic ring is 1. The summed E-state index contributed by atoms with van der Waals surface area (Å²) in [6.07, 6.45) is 0. The molecule has 0 atom stereocenters. The second-order valence-corrected chi connectivity index (χ2v) is 6.91. The van der Waals surface area contributed by atoms with Crippen LogP contribution in [0.25, 0.3) is 11.3 Å². The van der Waals surface area contributed by atoms with Crippen molar-refractivity contribution in [3.8, 4) is 11.3 Å². The maximum Gasteiger partial charge on any atom is 0.236 e. The number of fused-ring (bicyclic) bond motifs is 1. The molecule has 0 saturated carbocycles. The number of aryl methyl sites for hydroxylation is 1. The number of carbonyl (C=O) groups excluding carboxylic acids is 1. The lowest BCUT2D eigenvalue weighted by molar-refractivity contribution is -0.121. The number of hydrogen-bond donors (Lipinski definition) is 1. The van der Waals surface area contributed by atoms with E-state index in [2.05, 4.69) is 11.1 Å². The molecule has 4 nitrogen and oxygen atoms in total. The topological polar surface area (TPSA) is 59.2 Å². The number of anilines is 2. The summed E-state index contributed by atoms with van der Waals surface area (Å²) in [7, 11) is 1.82. The lowest BCUT2D eigenvalue weighted by Crippen LogP contribution is -2.33. The molecule has 0 bridgehead atoms. The number of nitrogens with two attached hydrogens (primary N) is 1. The van der Waals surface area contributed by atoms with Crippen LogP contribution in [-0.2, 0) is 10.2 Å². The van der Waals surface area contributed by atoms with Crippen LogP contribution >= 0.6 is 11.3 Å². The summed E-state index contributed by atoms with van der Waals surface area (Å²) in [5, 5.41) is 0.574. The van der Waals surface area contributed by atoms with E-state index in [1.807, 2.05) is 40.0 Å². The van der Waals surface area contributed by atoms with Crippen molar-refractivity contribution in [1.82, 2.24) is 4.98 Å². The molecule has 2 aromatic rings. The highest BCUT2D eigenvalue weighted by Crippen LogP contribution is 2.43. The van der Waals surface area contributed by atoms with Gasteiger partial charge in [0.25, 0.3) is 0 Å². The van der Waals surface area contributed by atoms with Gasteiger partial charge >= 0.3 is 0 Å². The van der Waals surface area contributed by atoms with Gasteiger partial charge in [0, 0.05) is 23.2 Å². The second-order valence-electron chi connectivity index (χ2n) is 5.68. The van der Waals surface area contributed by atoms with Gasteiger partial charge in [0.1, 0.15) is 0 Å². The largest absolute Gasteiger partial charge is 0.375 e. The smallest absolute Gasteiger partial charge is 0.236 e. The first-order chi connectivity index (χ1) is 9.32. The van der Waals surface area contributed by atoms with Gasteiger partial charge in [0.2, 0.25) is 5.91 Å². The van der Waals surface area contributed by atoms with Crippen LogP contribution in [0.4, 0.5) is 10.8 Å². The van der Waals surface area contributed by atoms with E-state index in [1.54, 1.807) is 4.90 Å². The predicted octanol–water partition coefficient (Wildman–Crippen LogP) is 2.95. The first-order valence-corrected chi connectivity index (χ1v) is 7.30. The Bertz CT molecular complexity index is 718. The number of amides is 1. The fraction of sp³-hybridized carbons (Fsp3) is 0.333. The minimum atomic E-state index is -0.491. The van der Waals surface area contributed by atoms with Gasteiger partial charge in [-0.15, -0.1) is 11.3 Å². The second kappa shape index (κ2) is 4.06. The molecular weight excluding hydrogens is 270 g/mol. The van der Waals surface area contributed by atoms with Crippen molar-refractivity contribution in [2.45, 2.75) is 26.2 Å². The number of benzene rings is 1. The quantitative estimate of drug-likeness (QED) is 0.877. The van der Waals surface area contributed by atoms with E-state index in [0.717, 1.165) is 27.4 Å². The first kappa shape index (κ1) is 13.1. The van der Waals surface area contributed by atoms with Crippen molar-refractivity contribution < 1.29 is 4.79 Å². The molecule has 0 fully saturated rings. The van der Waals surface area contributed by atoms with E-state index < -0.39 is 5.41 Å². The number of carbonyl (C=O) groups is 1. The van der Waals surface area contributed by atoms with Gasteiger partial charge in [-0.05, 0) is 38.5 Å². The zero-order chi connectivity index (χ0) is 14.7. The molecule has 1 aliphatic rings. The van der Waals surface area contributed by atoms with E-state index in [0.29, 0.717) is 5.13 Å². The highest BCUT2D eigenvalue weighted by atomic mass is 32.1. The normalized spacial score (nSPS) is 16.6. The Kier molecular flexibility index (Phi) is 2.66. The fourth-order valence-corrected chi connectivity index (χ4v) is 3.52. The SMILES string of the molecule is Cc1sc(N)nc1-c1ccc2c(c1)C(C)(C)C(=O)N2C. The Balaban J connectivity index is 2.18. The van der Waals surface area contributed by atoms with Crippen LogP contribution in [0, 0.1) is 6.92 Å². The third-order valence-electron chi connectivity index (χ3n) is 3.96. The molecular formula is C15H17N3OS. The Labute approximate surface area is 122 Å². The summed E-state index contributed by atoms with van der Waals surface area (Å²) in [5.41, 5.74) is 9.24. The van der Waals surface area contributed by atoms with E-state index in [4.69, 9.17) is 5.73 Å². The molecule has 0 radical (unpaired) electrons. The van der Waals surface area contributed by atoms with Gasteiger partial charge in [-0.25, -0.2) is 4.98 Å². The van der Waals surface area contributed by atoms with Crippen LogP contribution in [0.1, 0.15) is 24.3 Å². The molecule has 1 aliphatic heterocycles. The van der Waals surface area contributed by atoms with Gasteiger partial charge in [0.05, 0.1) is 11.1 Å². The monoisotopic (exact) mass is 287 g/mol. The van der Waals surface area contributed by atoms with Crippen molar-refractivity contribution in [2.75, 3.05) is 17.7 Å². The number of nitrogens with zero attached hydrogens (tertiary/aromatic N) is 2. The molecule has 1 aromatic heterocycles. The molecule has 1 amide bonds. The van der Waals surface area contributed by atoms with Crippen molar-refractivity contribution in [1.29, 1.82) is 0 Å². The molecule has 2 heterocycles. The van der Waals surface area contributed by atoms with Gasteiger partial charge in [0.15, 0.2) is 5.13 Å². The zero-order valence-corrected chi connectivity index (χ0v) is 12.8. The fourth-order valence-electron chi connectivity index (χ4n) is 2.81. The Morgan fingerprint density at radius 2 is 2.05 bits per heavy atom. The van der Waals surface area contributed by atoms with Crippen LogP contribution < -0.4 is 10.6 Å². The summed E-state index contributed by atoms with van der Waals surface area (Å²) < 4.78 is 0. The lowest BCUT2D eigenvalue weighted by Gasteiger charge is -2.16. The number of thiazole rings is 1. The van der Waals surface area contributed by atoms with E-state index in [1.165, 1.54) is 11.3 Å². The molecule has 0 unspecified atom stereocenters. The number of likely N-dealkylation sites (N-methyl/N-ethyl adjacent to an activating group) is 1. The number of aromatic nitrogens is 1. The number of hydrogen-bond acceptors (Lipinski definition) is 4. The summed E-state index contributed by atoms with van der Waals surface area (Å²) >= 11 is 1.49. The maximum atomic E-state index is 12.3. The predicted molar refractivity (Wildman–Crippen MR) is 83.1 cm³/mol. The number of rotatable bonds is 1. The average molecular weight is 287 g/mol. The van der Waals surface area contributed by atoms with Gasteiger partial charge < -0.3 is 10.6 Å². The van der Waals surface area contributed by atoms with Crippen LogP contribution in [0.5, 0.6) is 0 Å². The van der Waals surface area contributed by atoms with Crippen LogP contribution in [-0.4, -0.2) is 17.9 Å². The van der Waals surface area contributed by atoms with Gasteiger partial charge in [-0.2, -0.15) is 0 Å². The van der Waals surface area contributed by atoms with Crippen LogP contribution in [0.15, 0.2) is 18.2 Å².